The summed E-state index contributed by atoms with van der Waals surface area (Å²) in [5.41, 5.74) is 1.96. The Morgan fingerprint density at radius 1 is 1.27 bits per heavy atom. The van der Waals surface area contributed by atoms with Gasteiger partial charge in [0, 0.05) is 37.8 Å². The molecule has 138 valence electrons. The number of benzene rings is 1. The normalized spacial score (nSPS) is 21.8. The zero-order chi connectivity index (χ0) is 18.5. The molecule has 1 saturated heterocycles. The molecule has 2 aromatic rings. The number of carbonyl (C=O) groups is 1. The fraction of sp³-hybridized carbons (Fsp3) is 0.474. The monoisotopic (exact) mass is 360 g/mol. The van der Waals surface area contributed by atoms with Crippen LogP contribution in [-0.2, 0) is 5.41 Å². The third-order valence-electron chi connectivity index (χ3n) is 5.70. The number of anilines is 1. The van der Waals surface area contributed by atoms with Crippen LogP contribution < -0.4 is 4.90 Å². The number of hydrogen-bond donors (Lipinski definition) is 1. The number of hydrogen-bond acceptors (Lipinski definition) is 2. The van der Waals surface area contributed by atoms with E-state index in [-0.39, 0.29) is 17.4 Å². The van der Waals surface area contributed by atoms with Gasteiger partial charge in [0.2, 0.25) is 0 Å². The molecule has 2 amide bonds. The second-order valence-electron chi connectivity index (χ2n) is 7.81. The van der Waals surface area contributed by atoms with Crippen LogP contribution in [0, 0.1) is 11.6 Å². The summed E-state index contributed by atoms with van der Waals surface area (Å²) in [6.07, 6.45) is 5.22. The number of aromatic nitrogens is 2. The Labute approximate surface area is 151 Å². The van der Waals surface area contributed by atoms with Gasteiger partial charge in [0.15, 0.2) is 11.6 Å². The molecule has 2 aliphatic rings. The first-order valence-electron chi connectivity index (χ1n) is 8.91. The van der Waals surface area contributed by atoms with Gasteiger partial charge < -0.3 is 4.90 Å². The molecule has 0 spiro atoms. The minimum atomic E-state index is -0.919. The van der Waals surface area contributed by atoms with E-state index in [1.807, 2.05) is 20.0 Å². The molecule has 26 heavy (non-hydrogen) atoms. The highest BCUT2D eigenvalue weighted by molar-refractivity contribution is 5.94. The largest absolute Gasteiger partial charge is 0.324 e. The average Bonchev–Trinajstić information content (AvgIpc) is 3.27. The number of amides is 2. The van der Waals surface area contributed by atoms with Gasteiger partial charge in [0.05, 0.1) is 11.9 Å². The Hall–Kier alpha value is -2.44. The van der Waals surface area contributed by atoms with Crippen LogP contribution in [0.25, 0.3) is 0 Å². The number of nitrogens with zero attached hydrogens (tertiary/aromatic N) is 3. The lowest BCUT2D eigenvalue weighted by atomic mass is 9.77. The third kappa shape index (κ3) is 2.75. The number of H-pyrrole nitrogens is 1. The van der Waals surface area contributed by atoms with Crippen LogP contribution in [-0.4, -0.2) is 40.8 Å². The van der Waals surface area contributed by atoms with Crippen molar-refractivity contribution in [2.75, 3.05) is 24.5 Å². The number of halogens is 2. The SMILES string of the molecule is CC1(C)CCN(C(=O)N2CCC(c3cn[nH]c3)C2)c2cc(F)c(F)cc21. The number of fused-ring (bicyclic) bond motifs is 1. The van der Waals surface area contributed by atoms with Crippen molar-refractivity contribution in [3.8, 4) is 0 Å². The molecule has 0 bridgehead atoms. The van der Waals surface area contributed by atoms with Crippen molar-refractivity contribution in [3.05, 3.63) is 47.3 Å². The van der Waals surface area contributed by atoms with Gasteiger partial charge >= 0.3 is 6.03 Å². The van der Waals surface area contributed by atoms with Gasteiger partial charge in [-0.15, -0.1) is 0 Å². The van der Waals surface area contributed by atoms with Gasteiger partial charge in [0.1, 0.15) is 0 Å². The second-order valence-corrected chi connectivity index (χ2v) is 7.81. The topological polar surface area (TPSA) is 52.2 Å². The van der Waals surface area contributed by atoms with Crippen molar-refractivity contribution in [2.45, 2.75) is 38.0 Å². The van der Waals surface area contributed by atoms with E-state index in [4.69, 9.17) is 0 Å². The molecule has 7 heteroatoms. The van der Waals surface area contributed by atoms with E-state index in [0.717, 1.165) is 18.1 Å². The molecule has 0 radical (unpaired) electrons. The lowest BCUT2D eigenvalue weighted by molar-refractivity contribution is 0.213. The standard InChI is InChI=1S/C19H22F2N4O/c1-19(2)4-6-25(17-8-16(21)15(20)7-14(17)19)18(26)24-5-3-12(11-24)13-9-22-23-10-13/h7-10,12H,3-6,11H2,1-2H3,(H,22,23). The van der Waals surface area contributed by atoms with Crippen molar-refractivity contribution in [2.24, 2.45) is 0 Å². The van der Waals surface area contributed by atoms with Crippen molar-refractivity contribution >= 4 is 11.7 Å². The van der Waals surface area contributed by atoms with Gasteiger partial charge in [-0.1, -0.05) is 13.8 Å². The summed E-state index contributed by atoms with van der Waals surface area (Å²) in [5, 5.41) is 6.78. The molecule has 5 nitrogen and oxygen atoms in total. The van der Waals surface area contributed by atoms with E-state index in [9.17, 15) is 13.6 Å². The van der Waals surface area contributed by atoms with Crippen molar-refractivity contribution in [3.63, 3.8) is 0 Å². The molecule has 1 unspecified atom stereocenters. The molecule has 1 aromatic carbocycles. The van der Waals surface area contributed by atoms with Crippen LogP contribution in [0.5, 0.6) is 0 Å². The van der Waals surface area contributed by atoms with Gasteiger partial charge in [-0.3, -0.25) is 10.00 Å². The lowest BCUT2D eigenvalue weighted by Crippen LogP contribution is -2.47. The van der Waals surface area contributed by atoms with Crippen molar-refractivity contribution < 1.29 is 13.6 Å². The first-order chi connectivity index (χ1) is 12.4. The van der Waals surface area contributed by atoms with E-state index >= 15 is 0 Å². The maximum absolute atomic E-state index is 13.9. The Kier molecular flexibility index (Phi) is 3.97. The molecule has 0 saturated carbocycles. The highest BCUT2D eigenvalue weighted by atomic mass is 19.2. The van der Waals surface area contributed by atoms with Crippen LogP contribution >= 0.6 is 0 Å². The average molecular weight is 360 g/mol. The number of rotatable bonds is 1. The Balaban J connectivity index is 1.61. The van der Waals surface area contributed by atoms with E-state index < -0.39 is 11.6 Å². The van der Waals surface area contributed by atoms with Crippen LogP contribution in [0.15, 0.2) is 24.5 Å². The third-order valence-corrected chi connectivity index (χ3v) is 5.70. The molecule has 1 N–H and O–H groups in total. The number of aromatic amines is 1. The summed E-state index contributed by atoms with van der Waals surface area (Å²) in [6.45, 7) is 5.74. The van der Waals surface area contributed by atoms with Crippen molar-refractivity contribution in [1.82, 2.24) is 15.1 Å². The van der Waals surface area contributed by atoms with E-state index in [1.165, 1.54) is 6.07 Å². The van der Waals surface area contributed by atoms with Gasteiger partial charge in [-0.25, -0.2) is 13.6 Å². The van der Waals surface area contributed by atoms with E-state index in [2.05, 4.69) is 10.2 Å². The van der Waals surface area contributed by atoms with Gasteiger partial charge in [0.25, 0.3) is 0 Å². The van der Waals surface area contributed by atoms with Gasteiger partial charge in [-0.05, 0) is 35.4 Å². The fourth-order valence-corrected chi connectivity index (χ4v) is 4.01. The summed E-state index contributed by atoms with van der Waals surface area (Å²) < 4.78 is 27.7. The summed E-state index contributed by atoms with van der Waals surface area (Å²) >= 11 is 0. The quantitative estimate of drug-likeness (QED) is 0.841. The Morgan fingerprint density at radius 2 is 2.04 bits per heavy atom. The molecule has 0 aliphatic carbocycles. The molecular formula is C19H22F2N4O. The molecule has 4 rings (SSSR count). The zero-order valence-corrected chi connectivity index (χ0v) is 14.9. The predicted octanol–water partition coefficient (Wildman–Crippen LogP) is 3.79. The minimum absolute atomic E-state index is 0.140. The summed E-state index contributed by atoms with van der Waals surface area (Å²) in [4.78, 5) is 16.5. The summed E-state index contributed by atoms with van der Waals surface area (Å²) in [5.74, 6) is -1.53. The number of carbonyl (C=O) groups excluding carboxylic acids is 1. The predicted molar refractivity (Wildman–Crippen MR) is 94.3 cm³/mol. The molecule has 1 aromatic heterocycles. The van der Waals surface area contributed by atoms with Crippen molar-refractivity contribution in [1.29, 1.82) is 0 Å². The highest BCUT2D eigenvalue weighted by Crippen LogP contribution is 2.41. The van der Waals surface area contributed by atoms with Crippen LogP contribution in [0.4, 0.5) is 19.3 Å². The van der Waals surface area contributed by atoms with Gasteiger partial charge in [-0.2, -0.15) is 5.10 Å². The molecule has 1 atom stereocenters. The maximum Gasteiger partial charge on any atom is 0.324 e. The van der Waals surface area contributed by atoms with E-state index in [1.54, 1.807) is 16.0 Å². The molecule has 3 heterocycles. The fourth-order valence-electron chi connectivity index (χ4n) is 4.01. The maximum atomic E-state index is 13.9. The number of likely N-dealkylation sites (tertiary alicyclic amines) is 1. The lowest BCUT2D eigenvalue weighted by Gasteiger charge is -2.40. The first-order valence-corrected chi connectivity index (χ1v) is 8.91. The van der Waals surface area contributed by atoms with E-state index in [0.29, 0.717) is 37.3 Å². The van der Waals surface area contributed by atoms with Crippen LogP contribution in [0.2, 0.25) is 0 Å². The number of urea groups is 1. The molecular weight excluding hydrogens is 338 g/mol. The number of nitrogens with one attached hydrogen (secondary N) is 1. The molecule has 2 aliphatic heterocycles. The summed E-state index contributed by atoms with van der Waals surface area (Å²) in [7, 11) is 0. The molecule has 1 fully saturated rings. The zero-order valence-electron chi connectivity index (χ0n) is 14.9. The minimum Gasteiger partial charge on any atom is -0.324 e. The Bertz CT molecular complexity index is 834. The van der Waals surface area contributed by atoms with Crippen LogP contribution in [0.1, 0.15) is 43.7 Å². The first kappa shape index (κ1) is 17.0. The summed E-state index contributed by atoms with van der Waals surface area (Å²) in [6, 6.07) is 2.26. The second kappa shape index (κ2) is 6.07. The highest BCUT2D eigenvalue weighted by Gasteiger charge is 2.38. The van der Waals surface area contributed by atoms with Crippen LogP contribution in [0.3, 0.4) is 0 Å². The smallest absolute Gasteiger partial charge is 0.324 e. The Morgan fingerprint density at radius 3 is 2.77 bits per heavy atom.